The fourth-order valence-corrected chi connectivity index (χ4v) is 4.45. The highest BCUT2D eigenvalue weighted by Crippen LogP contribution is 2.47. The number of aryl methyl sites for hydroxylation is 1. The summed E-state index contributed by atoms with van der Waals surface area (Å²) in [5, 5.41) is 17.3. The lowest BCUT2D eigenvalue weighted by atomic mass is 9.93. The highest BCUT2D eigenvalue weighted by molar-refractivity contribution is 6.51. The SMILES string of the molecule is COc1cccc([C@@H]2C(=C(O)c3ccc4ccccc4c3)C(=O)C(=O)N2c2cc(C)on2)c1OC. The summed E-state index contributed by atoms with van der Waals surface area (Å²) >= 11 is 0. The number of aromatic nitrogens is 1. The highest BCUT2D eigenvalue weighted by Gasteiger charge is 2.49. The molecule has 1 N–H and O–H groups in total. The van der Waals surface area contributed by atoms with E-state index in [0.717, 1.165) is 10.8 Å². The van der Waals surface area contributed by atoms with Crippen molar-refractivity contribution in [1.82, 2.24) is 5.16 Å². The molecule has 1 aliphatic heterocycles. The third-order valence-corrected chi connectivity index (χ3v) is 6.06. The second-order valence-corrected chi connectivity index (χ2v) is 8.11. The Morgan fingerprint density at radius 1 is 0.971 bits per heavy atom. The number of benzene rings is 3. The van der Waals surface area contributed by atoms with E-state index in [9.17, 15) is 14.7 Å². The zero-order valence-electron chi connectivity index (χ0n) is 19.3. The van der Waals surface area contributed by atoms with Crippen LogP contribution in [0.2, 0.25) is 0 Å². The van der Waals surface area contributed by atoms with Crippen LogP contribution in [0, 0.1) is 6.92 Å². The van der Waals surface area contributed by atoms with Crippen LogP contribution in [0.4, 0.5) is 5.82 Å². The number of carbonyl (C=O) groups excluding carboxylic acids is 2. The standard InChI is InChI=1S/C27H22N2O6/c1-15-13-21(28-35-15)29-23(19-9-6-10-20(33-2)26(19)34-3)22(25(31)27(29)32)24(30)18-12-11-16-7-4-5-8-17(16)14-18/h4-14,23,30H,1-3H3/t23-/m1/s1. The normalized spacial score (nSPS) is 17.2. The van der Waals surface area contributed by atoms with Crippen molar-refractivity contribution in [3.05, 3.63) is 89.2 Å². The number of hydrogen-bond acceptors (Lipinski definition) is 7. The van der Waals surface area contributed by atoms with Gasteiger partial charge in [-0.2, -0.15) is 0 Å². The summed E-state index contributed by atoms with van der Waals surface area (Å²) < 4.78 is 16.2. The largest absolute Gasteiger partial charge is 0.507 e. The molecule has 1 fully saturated rings. The third-order valence-electron chi connectivity index (χ3n) is 6.06. The lowest BCUT2D eigenvalue weighted by Crippen LogP contribution is -2.30. The van der Waals surface area contributed by atoms with Crippen LogP contribution in [0.25, 0.3) is 16.5 Å². The molecule has 8 nitrogen and oxygen atoms in total. The number of hydrogen-bond donors (Lipinski definition) is 1. The van der Waals surface area contributed by atoms with E-state index in [4.69, 9.17) is 14.0 Å². The molecule has 0 unspecified atom stereocenters. The summed E-state index contributed by atoms with van der Waals surface area (Å²) in [5.74, 6) is -0.618. The Balaban J connectivity index is 1.78. The molecule has 0 aliphatic carbocycles. The van der Waals surface area contributed by atoms with E-state index in [1.54, 1.807) is 43.3 Å². The smallest absolute Gasteiger partial charge is 0.301 e. The topological polar surface area (TPSA) is 102 Å². The van der Waals surface area contributed by atoms with Crippen LogP contribution in [0.3, 0.4) is 0 Å². The van der Waals surface area contributed by atoms with Crippen LogP contribution in [-0.2, 0) is 9.59 Å². The van der Waals surface area contributed by atoms with E-state index in [-0.39, 0.29) is 17.2 Å². The molecule has 2 heterocycles. The van der Waals surface area contributed by atoms with Gasteiger partial charge in [-0.15, -0.1) is 0 Å². The van der Waals surface area contributed by atoms with Crippen molar-refractivity contribution < 1.29 is 28.7 Å². The maximum Gasteiger partial charge on any atom is 0.301 e. The van der Waals surface area contributed by atoms with Gasteiger partial charge in [-0.25, -0.2) is 0 Å². The van der Waals surface area contributed by atoms with Gasteiger partial charge in [0.2, 0.25) is 0 Å². The zero-order chi connectivity index (χ0) is 24.7. The van der Waals surface area contributed by atoms with Crippen molar-refractivity contribution in [2.75, 3.05) is 19.1 Å². The number of anilines is 1. The predicted octanol–water partition coefficient (Wildman–Crippen LogP) is 4.78. The van der Waals surface area contributed by atoms with Crippen LogP contribution in [-0.4, -0.2) is 36.2 Å². The molecule has 3 aromatic carbocycles. The number of methoxy groups -OCH3 is 2. The predicted molar refractivity (Wildman–Crippen MR) is 130 cm³/mol. The number of rotatable bonds is 5. The molecule has 1 aromatic heterocycles. The molecule has 0 saturated carbocycles. The monoisotopic (exact) mass is 470 g/mol. The number of para-hydroxylation sites is 1. The molecule has 0 radical (unpaired) electrons. The molecule has 176 valence electrons. The summed E-state index contributed by atoms with van der Waals surface area (Å²) in [5.41, 5.74) is 0.774. The minimum absolute atomic E-state index is 0.0857. The van der Waals surface area contributed by atoms with Crippen molar-refractivity contribution in [3.8, 4) is 11.5 Å². The molecule has 4 aromatic rings. The van der Waals surface area contributed by atoms with Gasteiger partial charge in [-0.3, -0.25) is 14.5 Å². The first-order chi connectivity index (χ1) is 16.9. The van der Waals surface area contributed by atoms with E-state index in [1.165, 1.54) is 19.1 Å². The maximum absolute atomic E-state index is 13.4. The Hall–Kier alpha value is -4.59. The highest BCUT2D eigenvalue weighted by atomic mass is 16.5. The number of aliphatic hydroxyl groups is 1. The first kappa shape index (κ1) is 22.2. The average Bonchev–Trinajstić information content (AvgIpc) is 3.42. The Labute approximate surface area is 201 Å². The zero-order valence-corrected chi connectivity index (χ0v) is 19.3. The number of nitrogens with zero attached hydrogens (tertiary/aromatic N) is 2. The first-order valence-corrected chi connectivity index (χ1v) is 10.9. The van der Waals surface area contributed by atoms with Crippen molar-refractivity contribution in [1.29, 1.82) is 0 Å². The minimum atomic E-state index is -1.03. The summed E-state index contributed by atoms with van der Waals surface area (Å²) in [6.07, 6.45) is 0. The van der Waals surface area contributed by atoms with Gasteiger partial charge in [-0.1, -0.05) is 53.7 Å². The number of aliphatic hydroxyl groups excluding tert-OH is 1. The molecular formula is C27H22N2O6. The number of ketones is 1. The first-order valence-electron chi connectivity index (χ1n) is 10.9. The molecule has 8 heteroatoms. The number of carbonyl (C=O) groups is 2. The Morgan fingerprint density at radius 2 is 1.74 bits per heavy atom. The molecule has 1 atom stereocenters. The fraction of sp³-hybridized carbons (Fsp3) is 0.148. The van der Waals surface area contributed by atoms with E-state index in [1.807, 2.05) is 30.3 Å². The van der Waals surface area contributed by atoms with Crippen molar-refractivity contribution >= 4 is 34.0 Å². The van der Waals surface area contributed by atoms with Crippen LogP contribution in [0.5, 0.6) is 11.5 Å². The molecule has 1 aliphatic rings. The number of amides is 1. The summed E-state index contributed by atoms with van der Waals surface area (Å²) in [6.45, 7) is 1.68. The third kappa shape index (κ3) is 3.59. The number of ether oxygens (including phenoxy) is 2. The van der Waals surface area contributed by atoms with Crippen molar-refractivity contribution in [2.24, 2.45) is 0 Å². The van der Waals surface area contributed by atoms with Crippen molar-refractivity contribution in [2.45, 2.75) is 13.0 Å². The average molecular weight is 470 g/mol. The molecule has 0 bridgehead atoms. The van der Waals surface area contributed by atoms with Gasteiger partial charge in [0.25, 0.3) is 5.78 Å². The van der Waals surface area contributed by atoms with Crippen molar-refractivity contribution in [3.63, 3.8) is 0 Å². The molecule has 1 saturated heterocycles. The number of fused-ring (bicyclic) bond motifs is 1. The molecule has 5 rings (SSSR count). The molecular weight excluding hydrogens is 448 g/mol. The molecule has 1 amide bonds. The second kappa shape index (κ2) is 8.64. The number of Topliss-reactive ketones (excluding diaryl/α,β-unsaturated/α-hetero) is 1. The van der Waals surface area contributed by atoms with Crippen LogP contribution in [0.15, 0.2) is 76.8 Å². The van der Waals surface area contributed by atoms with Crippen LogP contribution in [0.1, 0.15) is 22.9 Å². The van der Waals surface area contributed by atoms with Gasteiger partial charge in [0.1, 0.15) is 17.6 Å². The van der Waals surface area contributed by atoms with E-state index in [0.29, 0.717) is 28.4 Å². The van der Waals surface area contributed by atoms with E-state index in [2.05, 4.69) is 5.16 Å². The van der Waals surface area contributed by atoms with Gasteiger partial charge in [0.15, 0.2) is 17.3 Å². The lowest BCUT2D eigenvalue weighted by Gasteiger charge is -2.25. The second-order valence-electron chi connectivity index (χ2n) is 8.11. The Morgan fingerprint density at radius 3 is 2.43 bits per heavy atom. The lowest BCUT2D eigenvalue weighted by molar-refractivity contribution is -0.132. The molecule has 35 heavy (non-hydrogen) atoms. The summed E-state index contributed by atoms with van der Waals surface area (Å²) in [7, 11) is 2.96. The van der Waals surface area contributed by atoms with Gasteiger partial charge in [0.05, 0.1) is 19.8 Å². The van der Waals surface area contributed by atoms with Gasteiger partial charge < -0.3 is 19.1 Å². The summed E-state index contributed by atoms with van der Waals surface area (Å²) in [6, 6.07) is 18.7. The van der Waals surface area contributed by atoms with Crippen LogP contribution < -0.4 is 14.4 Å². The van der Waals surface area contributed by atoms with Gasteiger partial charge in [-0.05, 0) is 29.8 Å². The summed E-state index contributed by atoms with van der Waals surface area (Å²) in [4.78, 5) is 27.9. The maximum atomic E-state index is 13.4. The van der Waals surface area contributed by atoms with Crippen LogP contribution >= 0.6 is 0 Å². The minimum Gasteiger partial charge on any atom is -0.507 e. The van der Waals surface area contributed by atoms with E-state index >= 15 is 0 Å². The fourth-order valence-electron chi connectivity index (χ4n) is 4.45. The Kier molecular flexibility index (Phi) is 5.49. The quantitative estimate of drug-likeness (QED) is 0.254. The Bertz CT molecular complexity index is 1500. The van der Waals surface area contributed by atoms with Gasteiger partial charge in [0, 0.05) is 17.2 Å². The van der Waals surface area contributed by atoms with Gasteiger partial charge >= 0.3 is 5.91 Å². The van der Waals surface area contributed by atoms with E-state index < -0.39 is 17.7 Å². The molecule has 0 spiro atoms.